The molecule has 0 radical (unpaired) electrons. The maximum atomic E-state index is 12.3. The lowest BCUT2D eigenvalue weighted by atomic mass is 10.2. The highest BCUT2D eigenvalue weighted by Crippen LogP contribution is 2.29. The van der Waals surface area contributed by atoms with Crippen LogP contribution in [0.2, 0.25) is 5.02 Å². The number of piperazine rings is 1. The number of aromatic nitrogens is 2. The Hall–Kier alpha value is -2.97. The Morgan fingerprint density at radius 1 is 1.09 bits per heavy atom. The number of carbonyl (C=O) groups excluding carboxylic acids is 1. The summed E-state index contributed by atoms with van der Waals surface area (Å²) in [6.07, 6.45) is 1.56. The van der Waals surface area contributed by atoms with Crippen molar-refractivity contribution in [2.75, 3.05) is 54.2 Å². The van der Waals surface area contributed by atoms with Gasteiger partial charge >= 0.3 is 0 Å². The number of nitrogens with one attached hydrogen (secondary N) is 1. The molecule has 0 spiro atoms. The molecule has 0 unspecified atom stereocenters. The SMILES string of the molecule is COc1ccccc1N1CCN(c2cc(SCC(=O)Nc3ccc(C)c(Cl)c3)ncn2)CC1. The van der Waals surface area contributed by atoms with E-state index in [0.29, 0.717) is 10.7 Å². The Kier molecular flexibility index (Phi) is 7.57. The predicted octanol–water partition coefficient (Wildman–Crippen LogP) is 4.50. The van der Waals surface area contributed by atoms with E-state index in [4.69, 9.17) is 16.3 Å². The number of halogens is 1. The molecule has 0 saturated carbocycles. The topological polar surface area (TPSA) is 70.6 Å². The van der Waals surface area contributed by atoms with E-state index in [9.17, 15) is 4.79 Å². The number of carbonyl (C=O) groups is 1. The highest BCUT2D eigenvalue weighted by Gasteiger charge is 2.21. The van der Waals surface area contributed by atoms with Crippen molar-refractivity contribution in [3.8, 4) is 5.75 Å². The zero-order valence-electron chi connectivity index (χ0n) is 18.6. The van der Waals surface area contributed by atoms with Crippen LogP contribution in [0.3, 0.4) is 0 Å². The van der Waals surface area contributed by atoms with E-state index in [1.165, 1.54) is 11.8 Å². The lowest BCUT2D eigenvalue weighted by molar-refractivity contribution is -0.113. The van der Waals surface area contributed by atoms with Gasteiger partial charge in [0.15, 0.2) is 0 Å². The van der Waals surface area contributed by atoms with Gasteiger partial charge in [-0.1, -0.05) is 41.6 Å². The van der Waals surface area contributed by atoms with E-state index >= 15 is 0 Å². The van der Waals surface area contributed by atoms with Crippen LogP contribution < -0.4 is 19.9 Å². The number of nitrogens with zero attached hydrogens (tertiary/aromatic N) is 4. The van der Waals surface area contributed by atoms with Gasteiger partial charge in [0.05, 0.1) is 18.6 Å². The molecule has 1 amide bonds. The van der Waals surface area contributed by atoms with Crippen molar-refractivity contribution < 1.29 is 9.53 Å². The highest BCUT2D eigenvalue weighted by molar-refractivity contribution is 7.99. The van der Waals surface area contributed by atoms with Crippen LogP contribution in [-0.4, -0.2) is 54.9 Å². The molecule has 9 heteroatoms. The van der Waals surface area contributed by atoms with Crippen molar-refractivity contribution in [1.29, 1.82) is 0 Å². The summed E-state index contributed by atoms with van der Waals surface area (Å²) in [4.78, 5) is 25.7. The summed E-state index contributed by atoms with van der Waals surface area (Å²) in [6, 6.07) is 15.5. The van der Waals surface area contributed by atoms with Gasteiger partial charge < -0.3 is 19.9 Å². The largest absolute Gasteiger partial charge is 0.495 e. The molecular formula is C24H26ClN5O2S. The molecular weight excluding hydrogens is 458 g/mol. The van der Waals surface area contributed by atoms with Crippen molar-refractivity contribution in [2.24, 2.45) is 0 Å². The summed E-state index contributed by atoms with van der Waals surface area (Å²) in [5.74, 6) is 1.91. The monoisotopic (exact) mass is 483 g/mol. The van der Waals surface area contributed by atoms with Crippen molar-refractivity contribution in [1.82, 2.24) is 9.97 Å². The third kappa shape index (κ3) is 5.89. The number of rotatable bonds is 7. The number of hydrogen-bond acceptors (Lipinski definition) is 7. The molecule has 33 heavy (non-hydrogen) atoms. The van der Waals surface area contributed by atoms with Gasteiger partial charge in [-0.25, -0.2) is 9.97 Å². The molecule has 1 aliphatic rings. The fraction of sp³-hybridized carbons (Fsp3) is 0.292. The minimum absolute atomic E-state index is 0.106. The highest BCUT2D eigenvalue weighted by atomic mass is 35.5. The van der Waals surface area contributed by atoms with Gasteiger partial charge in [-0.2, -0.15) is 0 Å². The number of anilines is 3. The number of ether oxygens (including phenoxy) is 1. The normalized spacial score (nSPS) is 13.7. The maximum Gasteiger partial charge on any atom is 0.234 e. The second kappa shape index (κ2) is 10.8. The fourth-order valence-corrected chi connectivity index (χ4v) is 4.50. The van der Waals surface area contributed by atoms with Gasteiger partial charge in [-0.15, -0.1) is 0 Å². The first kappa shape index (κ1) is 23.2. The first-order chi connectivity index (χ1) is 16.0. The molecule has 3 aromatic rings. The van der Waals surface area contributed by atoms with Crippen LogP contribution in [0.5, 0.6) is 5.75 Å². The van der Waals surface area contributed by atoms with Crippen LogP contribution >= 0.6 is 23.4 Å². The molecule has 1 saturated heterocycles. The van der Waals surface area contributed by atoms with Gasteiger partial charge in [0.2, 0.25) is 5.91 Å². The Morgan fingerprint density at radius 3 is 2.61 bits per heavy atom. The molecule has 172 valence electrons. The van der Waals surface area contributed by atoms with Gasteiger partial charge in [-0.05, 0) is 36.8 Å². The molecule has 2 aromatic carbocycles. The molecule has 0 atom stereocenters. The smallest absolute Gasteiger partial charge is 0.234 e. The van der Waals surface area contributed by atoms with E-state index in [-0.39, 0.29) is 11.7 Å². The van der Waals surface area contributed by atoms with E-state index < -0.39 is 0 Å². The quantitative estimate of drug-likeness (QED) is 0.391. The Bertz CT molecular complexity index is 1120. The Morgan fingerprint density at radius 2 is 1.85 bits per heavy atom. The van der Waals surface area contributed by atoms with Crippen molar-refractivity contribution in [3.63, 3.8) is 0 Å². The molecule has 0 aliphatic carbocycles. The predicted molar refractivity (Wildman–Crippen MR) is 135 cm³/mol. The minimum atomic E-state index is -0.106. The van der Waals surface area contributed by atoms with Crippen LogP contribution in [0.25, 0.3) is 0 Å². The van der Waals surface area contributed by atoms with Crippen LogP contribution in [0.4, 0.5) is 17.2 Å². The second-order valence-corrected chi connectivity index (χ2v) is 9.06. The average Bonchev–Trinajstić information content (AvgIpc) is 2.85. The zero-order valence-corrected chi connectivity index (χ0v) is 20.2. The average molecular weight is 484 g/mol. The first-order valence-corrected chi connectivity index (χ1v) is 12.0. The van der Waals surface area contributed by atoms with Gasteiger partial charge in [0, 0.05) is 43.0 Å². The Labute approximate surface area is 203 Å². The fourth-order valence-electron chi connectivity index (χ4n) is 3.66. The van der Waals surface area contributed by atoms with Crippen LogP contribution in [-0.2, 0) is 4.79 Å². The van der Waals surface area contributed by atoms with Crippen LogP contribution in [0.15, 0.2) is 59.9 Å². The number of methoxy groups -OCH3 is 1. The first-order valence-electron chi connectivity index (χ1n) is 10.7. The summed E-state index contributed by atoms with van der Waals surface area (Å²) in [7, 11) is 1.70. The lowest BCUT2D eigenvalue weighted by Gasteiger charge is -2.37. The molecule has 1 aromatic heterocycles. The van der Waals surface area contributed by atoms with Crippen molar-refractivity contribution in [3.05, 3.63) is 65.4 Å². The van der Waals surface area contributed by atoms with E-state index in [1.807, 2.05) is 43.3 Å². The molecule has 1 N–H and O–H groups in total. The Balaban J connectivity index is 1.31. The summed E-state index contributed by atoms with van der Waals surface area (Å²) in [5, 5.41) is 4.27. The summed E-state index contributed by atoms with van der Waals surface area (Å²) in [5.41, 5.74) is 2.77. The van der Waals surface area contributed by atoms with Crippen molar-refractivity contribution >= 4 is 46.5 Å². The van der Waals surface area contributed by atoms with E-state index in [1.54, 1.807) is 19.5 Å². The van der Waals surface area contributed by atoms with E-state index in [2.05, 4.69) is 31.2 Å². The molecule has 0 bridgehead atoms. The summed E-state index contributed by atoms with van der Waals surface area (Å²) < 4.78 is 5.50. The third-order valence-electron chi connectivity index (χ3n) is 5.46. The van der Waals surface area contributed by atoms with Crippen molar-refractivity contribution in [2.45, 2.75) is 11.9 Å². The number of thioether (sulfide) groups is 1. The van der Waals surface area contributed by atoms with Crippen LogP contribution in [0.1, 0.15) is 5.56 Å². The maximum absolute atomic E-state index is 12.3. The molecule has 1 fully saturated rings. The molecule has 4 rings (SSSR count). The summed E-state index contributed by atoms with van der Waals surface area (Å²) in [6.45, 7) is 5.35. The lowest BCUT2D eigenvalue weighted by Crippen LogP contribution is -2.47. The second-order valence-electron chi connectivity index (χ2n) is 7.66. The number of para-hydroxylation sites is 2. The number of aryl methyl sites for hydroxylation is 1. The number of benzene rings is 2. The molecule has 2 heterocycles. The summed E-state index contributed by atoms with van der Waals surface area (Å²) >= 11 is 7.52. The third-order valence-corrected chi connectivity index (χ3v) is 6.80. The van der Waals surface area contributed by atoms with E-state index in [0.717, 1.165) is 54.0 Å². The van der Waals surface area contributed by atoms with Gasteiger partial charge in [0.1, 0.15) is 22.9 Å². The minimum Gasteiger partial charge on any atom is -0.495 e. The number of hydrogen-bond donors (Lipinski definition) is 1. The number of amides is 1. The molecule has 7 nitrogen and oxygen atoms in total. The standard InChI is InChI=1S/C24H26ClN5O2S/c1-17-7-8-18(13-19(17)25)28-23(31)15-33-24-14-22(26-16-27-24)30-11-9-29(10-12-30)20-5-3-4-6-21(20)32-2/h3-8,13-14,16H,9-12,15H2,1-2H3,(H,28,31). The van der Waals surface area contributed by atoms with Gasteiger partial charge in [0.25, 0.3) is 0 Å². The van der Waals surface area contributed by atoms with Crippen LogP contribution in [0, 0.1) is 6.92 Å². The van der Waals surface area contributed by atoms with Gasteiger partial charge in [-0.3, -0.25) is 4.79 Å². The zero-order chi connectivity index (χ0) is 23.2. The molecule has 1 aliphatic heterocycles.